The topological polar surface area (TPSA) is 29.5 Å². The zero-order valence-corrected chi connectivity index (χ0v) is 13.4. The summed E-state index contributed by atoms with van der Waals surface area (Å²) in [7, 11) is 0. The van der Waals surface area contributed by atoms with Crippen molar-refractivity contribution in [2.45, 2.75) is 26.7 Å². The Morgan fingerprint density at radius 3 is 2.37 bits per heavy atom. The molecule has 1 atom stereocenters. The summed E-state index contributed by atoms with van der Waals surface area (Å²) in [5.41, 5.74) is 0.982. The minimum absolute atomic E-state index is 0.158. The third-order valence-electron chi connectivity index (χ3n) is 3.27. The van der Waals surface area contributed by atoms with E-state index in [1.54, 1.807) is 0 Å². The van der Waals surface area contributed by atoms with E-state index in [1.807, 2.05) is 31.2 Å². The SMILES string of the molecule is CCN(CC)CCOC(=O)[C@H](C)c1ccc(Br)cc1. The fraction of sp³-hybridized carbons (Fsp3) is 0.533. The molecule has 0 fully saturated rings. The van der Waals surface area contributed by atoms with E-state index in [-0.39, 0.29) is 11.9 Å². The number of nitrogens with zero attached hydrogens (tertiary/aromatic N) is 1. The van der Waals surface area contributed by atoms with E-state index < -0.39 is 0 Å². The number of benzene rings is 1. The van der Waals surface area contributed by atoms with Gasteiger partial charge in [0, 0.05) is 11.0 Å². The van der Waals surface area contributed by atoms with Crippen LogP contribution < -0.4 is 0 Å². The van der Waals surface area contributed by atoms with E-state index in [4.69, 9.17) is 4.74 Å². The predicted octanol–water partition coefficient (Wildman–Crippen LogP) is 3.44. The van der Waals surface area contributed by atoms with Crippen LogP contribution in [-0.2, 0) is 9.53 Å². The van der Waals surface area contributed by atoms with Crippen molar-refractivity contribution in [1.82, 2.24) is 4.90 Å². The Morgan fingerprint density at radius 2 is 1.84 bits per heavy atom. The lowest BCUT2D eigenvalue weighted by Crippen LogP contribution is -2.28. The maximum absolute atomic E-state index is 11.9. The van der Waals surface area contributed by atoms with Crippen LogP contribution >= 0.6 is 15.9 Å². The van der Waals surface area contributed by atoms with Crippen LogP contribution in [0.2, 0.25) is 0 Å². The molecule has 0 heterocycles. The molecule has 0 amide bonds. The van der Waals surface area contributed by atoms with E-state index in [1.165, 1.54) is 0 Å². The summed E-state index contributed by atoms with van der Waals surface area (Å²) in [6.07, 6.45) is 0. The highest BCUT2D eigenvalue weighted by Gasteiger charge is 2.16. The zero-order chi connectivity index (χ0) is 14.3. The van der Waals surface area contributed by atoms with Crippen LogP contribution in [0, 0.1) is 0 Å². The van der Waals surface area contributed by atoms with Crippen molar-refractivity contribution in [3.63, 3.8) is 0 Å². The lowest BCUT2D eigenvalue weighted by molar-refractivity contribution is -0.145. The third-order valence-corrected chi connectivity index (χ3v) is 3.80. The molecular weight excluding hydrogens is 306 g/mol. The highest BCUT2D eigenvalue weighted by atomic mass is 79.9. The van der Waals surface area contributed by atoms with E-state index in [0.717, 1.165) is 29.7 Å². The summed E-state index contributed by atoms with van der Waals surface area (Å²) >= 11 is 3.38. The summed E-state index contributed by atoms with van der Waals surface area (Å²) in [6.45, 7) is 9.31. The van der Waals surface area contributed by atoms with Gasteiger partial charge in [-0.05, 0) is 37.7 Å². The molecular formula is C15H22BrNO2. The Labute approximate surface area is 124 Å². The molecule has 1 aromatic carbocycles. The second kappa shape index (κ2) is 8.33. The second-order valence-corrected chi connectivity index (χ2v) is 5.38. The molecule has 0 unspecified atom stereocenters. The van der Waals surface area contributed by atoms with Crippen LogP contribution in [0.3, 0.4) is 0 Å². The van der Waals surface area contributed by atoms with Crippen molar-refractivity contribution >= 4 is 21.9 Å². The minimum Gasteiger partial charge on any atom is -0.464 e. The summed E-state index contributed by atoms with van der Waals surface area (Å²) in [6, 6.07) is 7.77. The molecule has 1 aromatic rings. The van der Waals surface area contributed by atoms with Gasteiger partial charge in [-0.15, -0.1) is 0 Å². The van der Waals surface area contributed by atoms with Crippen molar-refractivity contribution < 1.29 is 9.53 Å². The Bertz CT molecular complexity index is 388. The number of carbonyl (C=O) groups is 1. The van der Waals surface area contributed by atoms with Crippen molar-refractivity contribution in [1.29, 1.82) is 0 Å². The Balaban J connectivity index is 2.42. The van der Waals surface area contributed by atoms with Crippen molar-refractivity contribution in [2.24, 2.45) is 0 Å². The van der Waals surface area contributed by atoms with Gasteiger partial charge < -0.3 is 9.64 Å². The molecule has 0 radical (unpaired) electrons. The highest BCUT2D eigenvalue weighted by Crippen LogP contribution is 2.19. The normalized spacial score (nSPS) is 12.5. The third kappa shape index (κ3) is 5.33. The fourth-order valence-corrected chi connectivity index (χ4v) is 2.09. The first kappa shape index (κ1) is 16.2. The Kier molecular flexibility index (Phi) is 7.10. The van der Waals surface area contributed by atoms with Crippen LogP contribution in [0.5, 0.6) is 0 Å². The van der Waals surface area contributed by atoms with Gasteiger partial charge in [-0.25, -0.2) is 0 Å². The zero-order valence-electron chi connectivity index (χ0n) is 11.9. The molecule has 0 aliphatic rings. The maximum Gasteiger partial charge on any atom is 0.313 e. The number of esters is 1. The van der Waals surface area contributed by atoms with E-state index >= 15 is 0 Å². The smallest absolute Gasteiger partial charge is 0.313 e. The maximum atomic E-state index is 11.9. The highest BCUT2D eigenvalue weighted by molar-refractivity contribution is 9.10. The van der Waals surface area contributed by atoms with E-state index in [9.17, 15) is 4.79 Å². The molecule has 106 valence electrons. The molecule has 0 aliphatic carbocycles. The molecule has 0 saturated carbocycles. The van der Waals surface area contributed by atoms with Gasteiger partial charge in [-0.1, -0.05) is 41.9 Å². The Morgan fingerprint density at radius 1 is 1.26 bits per heavy atom. The molecule has 0 saturated heterocycles. The van der Waals surface area contributed by atoms with Crippen molar-refractivity contribution in [3.8, 4) is 0 Å². The summed E-state index contributed by atoms with van der Waals surface area (Å²) in [4.78, 5) is 14.2. The van der Waals surface area contributed by atoms with Gasteiger partial charge >= 0.3 is 5.97 Å². The standard InChI is InChI=1S/C15H22BrNO2/c1-4-17(5-2)10-11-19-15(18)12(3)13-6-8-14(16)9-7-13/h6-9,12H,4-5,10-11H2,1-3H3/t12-/m1/s1. The summed E-state index contributed by atoms with van der Waals surface area (Å²) in [5.74, 6) is -0.376. The number of ether oxygens (including phenoxy) is 1. The van der Waals surface area contributed by atoms with Gasteiger partial charge in [-0.2, -0.15) is 0 Å². The molecule has 0 bridgehead atoms. The number of carbonyl (C=O) groups excluding carboxylic acids is 1. The number of hydrogen-bond donors (Lipinski definition) is 0. The average Bonchev–Trinajstić information content (AvgIpc) is 2.43. The summed E-state index contributed by atoms with van der Waals surface area (Å²) in [5, 5.41) is 0. The van der Waals surface area contributed by atoms with Crippen LogP contribution in [0.15, 0.2) is 28.7 Å². The molecule has 4 heteroatoms. The van der Waals surface area contributed by atoms with Crippen LogP contribution in [0.4, 0.5) is 0 Å². The van der Waals surface area contributed by atoms with Gasteiger partial charge in [0.2, 0.25) is 0 Å². The lowest BCUT2D eigenvalue weighted by atomic mass is 10.0. The number of likely N-dealkylation sites (N-methyl/N-ethyl adjacent to an activating group) is 1. The van der Waals surface area contributed by atoms with Gasteiger partial charge in [0.05, 0.1) is 5.92 Å². The average molecular weight is 328 g/mol. The van der Waals surface area contributed by atoms with Crippen LogP contribution in [-0.4, -0.2) is 37.1 Å². The molecule has 0 aromatic heterocycles. The molecule has 0 spiro atoms. The minimum atomic E-state index is -0.218. The second-order valence-electron chi connectivity index (χ2n) is 4.47. The first-order chi connectivity index (χ1) is 9.08. The monoisotopic (exact) mass is 327 g/mol. The van der Waals surface area contributed by atoms with Crippen LogP contribution in [0.25, 0.3) is 0 Å². The molecule has 3 nitrogen and oxygen atoms in total. The van der Waals surface area contributed by atoms with Crippen molar-refractivity contribution in [3.05, 3.63) is 34.3 Å². The largest absolute Gasteiger partial charge is 0.464 e. The number of halogens is 1. The lowest BCUT2D eigenvalue weighted by Gasteiger charge is -2.18. The first-order valence-electron chi connectivity index (χ1n) is 6.72. The molecule has 0 aliphatic heterocycles. The van der Waals surface area contributed by atoms with Gasteiger partial charge in [0.15, 0.2) is 0 Å². The van der Waals surface area contributed by atoms with E-state index in [0.29, 0.717) is 6.61 Å². The summed E-state index contributed by atoms with van der Waals surface area (Å²) < 4.78 is 6.34. The van der Waals surface area contributed by atoms with Gasteiger partial charge in [-0.3, -0.25) is 4.79 Å². The molecule has 0 N–H and O–H groups in total. The Hall–Kier alpha value is -0.870. The quantitative estimate of drug-likeness (QED) is 0.718. The van der Waals surface area contributed by atoms with E-state index in [2.05, 4.69) is 34.7 Å². The number of hydrogen-bond acceptors (Lipinski definition) is 3. The number of rotatable bonds is 7. The van der Waals surface area contributed by atoms with Crippen molar-refractivity contribution in [2.75, 3.05) is 26.2 Å². The van der Waals surface area contributed by atoms with Gasteiger partial charge in [0.25, 0.3) is 0 Å². The first-order valence-corrected chi connectivity index (χ1v) is 7.52. The van der Waals surface area contributed by atoms with Crippen LogP contribution in [0.1, 0.15) is 32.3 Å². The fourth-order valence-electron chi connectivity index (χ4n) is 1.83. The predicted molar refractivity (Wildman–Crippen MR) is 81.3 cm³/mol. The molecule has 1 rings (SSSR count). The van der Waals surface area contributed by atoms with Gasteiger partial charge in [0.1, 0.15) is 6.61 Å². The molecule has 19 heavy (non-hydrogen) atoms.